The minimum atomic E-state index is -3.81. The third-order valence-corrected chi connectivity index (χ3v) is 8.83. The molecule has 0 bridgehead atoms. The summed E-state index contributed by atoms with van der Waals surface area (Å²) in [6.07, 6.45) is 0. The molecule has 0 atom stereocenters. The van der Waals surface area contributed by atoms with Gasteiger partial charge in [-0.15, -0.1) is 0 Å². The third kappa shape index (κ3) is 7.44. The van der Waals surface area contributed by atoms with Crippen LogP contribution in [0.5, 0.6) is 11.5 Å². The number of hydrogen-bond acceptors (Lipinski definition) is 9. The lowest BCUT2D eigenvalue weighted by Gasteiger charge is -2.21. The molecule has 0 saturated heterocycles. The molecule has 0 fully saturated rings. The van der Waals surface area contributed by atoms with E-state index in [2.05, 4.69) is 4.99 Å². The van der Waals surface area contributed by atoms with Gasteiger partial charge in [0.25, 0.3) is 5.91 Å². The molecule has 11 nitrogen and oxygen atoms in total. The van der Waals surface area contributed by atoms with Crippen LogP contribution in [-0.4, -0.2) is 91.2 Å². The second-order valence-electron chi connectivity index (χ2n) is 8.24. The van der Waals surface area contributed by atoms with Crippen molar-refractivity contribution in [3.05, 3.63) is 46.8 Å². The van der Waals surface area contributed by atoms with E-state index >= 15 is 0 Å². The fourth-order valence-corrected chi connectivity index (χ4v) is 6.28. The van der Waals surface area contributed by atoms with E-state index in [-0.39, 0.29) is 36.8 Å². The lowest BCUT2D eigenvalue weighted by molar-refractivity contribution is 0.0996. The Morgan fingerprint density at radius 3 is 2.13 bits per heavy atom. The van der Waals surface area contributed by atoms with Crippen LogP contribution in [0.4, 0.5) is 0 Å². The Morgan fingerprint density at radius 1 is 0.949 bits per heavy atom. The summed E-state index contributed by atoms with van der Waals surface area (Å²) in [4.78, 5) is 18.1. The topological polar surface area (TPSA) is 118 Å². The first-order chi connectivity index (χ1) is 18.8. The van der Waals surface area contributed by atoms with E-state index < -0.39 is 15.9 Å². The molecule has 0 unspecified atom stereocenters. The van der Waals surface area contributed by atoms with E-state index in [1.54, 1.807) is 14.2 Å². The maximum Gasteiger partial charge on any atom is 0.279 e. The van der Waals surface area contributed by atoms with Crippen molar-refractivity contribution < 1.29 is 36.9 Å². The van der Waals surface area contributed by atoms with Gasteiger partial charge >= 0.3 is 0 Å². The van der Waals surface area contributed by atoms with Gasteiger partial charge < -0.3 is 28.3 Å². The molecule has 0 aliphatic rings. The predicted octanol–water partition coefficient (Wildman–Crippen LogP) is 2.78. The third-order valence-electron chi connectivity index (χ3n) is 5.88. The number of carbonyl (C=O) groups is 1. The van der Waals surface area contributed by atoms with Crippen molar-refractivity contribution in [2.45, 2.75) is 18.4 Å². The maximum atomic E-state index is 13.2. The summed E-state index contributed by atoms with van der Waals surface area (Å²) in [5, 5.41) is 0. The molecule has 0 aliphatic heterocycles. The number of amides is 1. The molecule has 0 N–H and O–H groups in total. The van der Waals surface area contributed by atoms with Gasteiger partial charge in [0.15, 0.2) is 16.3 Å². The van der Waals surface area contributed by atoms with E-state index in [1.807, 2.05) is 23.6 Å². The molecule has 1 aromatic heterocycles. The standard InChI is InChI=1S/C26H35N3O8S2/c1-6-37-16-13-29-21-17-22(35-4)23(36-5)18-24(21)38-26(29)27-25(30)19-7-9-20(10-8-19)39(31,32)28(11-14-33-2)12-15-34-3/h7-10,17-18H,6,11-16H2,1-5H3. The van der Waals surface area contributed by atoms with Crippen LogP contribution in [0.15, 0.2) is 46.3 Å². The van der Waals surface area contributed by atoms with Crippen molar-refractivity contribution in [2.75, 3.05) is 68.0 Å². The highest BCUT2D eigenvalue weighted by atomic mass is 32.2. The number of benzene rings is 2. The summed E-state index contributed by atoms with van der Waals surface area (Å²) in [5.74, 6) is 0.640. The minimum Gasteiger partial charge on any atom is -0.493 e. The molecule has 1 amide bonds. The molecule has 0 saturated carbocycles. The number of hydrogen-bond donors (Lipinski definition) is 0. The summed E-state index contributed by atoms with van der Waals surface area (Å²) >= 11 is 1.34. The Kier molecular flexibility index (Phi) is 11.5. The highest BCUT2D eigenvalue weighted by Crippen LogP contribution is 2.33. The van der Waals surface area contributed by atoms with Gasteiger partial charge in [0.2, 0.25) is 10.0 Å². The van der Waals surface area contributed by atoms with Gasteiger partial charge in [-0.3, -0.25) is 4.79 Å². The average Bonchev–Trinajstić information content (AvgIpc) is 3.27. The van der Waals surface area contributed by atoms with Crippen LogP contribution in [0.25, 0.3) is 10.2 Å². The molecule has 0 radical (unpaired) electrons. The Bertz CT molecular complexity index is 1410. The fourth-order valence-electron chi connectivity index (χ4n) is 3.81. The van der Waals surface area contributed by atoms with Gasteiger partial charge in [-0.1, -0.05) is 11.3 Å². The number of carbonyl (C=O) groups excluding carboxylic acids is 1. The van der Waals surface area contributed by atoms with Gasteiger partial charge in [0.1, 0.15) is 0 Å². The van der Waals surface area contributed by atoms with Gasteiger partial charge in [0, 0.05) is 58.2 Å². The highest BCUT2D eigenvalue weighted by Gasteiger charge is 2.24. The fraction of sp³-hybridized carbons (Fsp3) is 0.462. The van der Waals surface area contributed by atoms with E-state index in [0.29, 0.717) is 36.1 Å². The zero-order chi connectivity index (χ0) is 28.4. The molecular weight excluding hydrogens is 546 g/mol. The second kappa shape index (κ2) is 14.5. The Labute approximate surface area is 232 Å². The van der Waals surface area contributed by atoms with E-state index in [9.17, 15) is 13.2 Å². The van der Waals surface area contributed by atoms with Crippen LogP contribution in [0.1, 0.15) is 17.3 Å². The number of thiazole rings is 1. The number of aromatic nitrogens is 1. The molecule has 3 aromatic rings. The first-order valence-corrected chi connectivity index (χ1v) is 14.6. The van der Waals surface area contributed by atoms with Gasteiger partial charge in [-0.25, -0.2) is 8.42 Å². The molecular formula is C26H35N3O8S2. The predicted molar refractivity (Wildman–Crippen MR) is 148 cm³/mol. The number of sulfonamides is 1. The summed E-state index contributed by atoms with van der Waals surface area (Å²) < 4.78 is 56.9. The average molecular weight is 582 g/mol. The number of ether oxygens (including phenoxy) is 5. The molecule has 3 rings (SSSR count). The van der Waals surface area contributed by atoms with Crippen molar-refractivity contribution >= 4 is 37.5 Å². The molecule has 214 valence electrons. The van der Waals surface area contributed by atoms with Gasteiger partial charge in [-0.05, 0) is 31.2 Å². The number of rotatable bonds is 15. The molecule has 13 heteroatoms. The lowest BCUT2D eigenvalue weighted by atomic mass is 10.2. The first kappa shape index (κ1) is 30.7. The number of nitrogens with zero attached hydrogens (tertiary/aromatic N) is 3. The van der Waals surface area contributed by atoms with Crippen LogP contribution < -0.4 is 14.3 Å². The lowest BCUT2D eigenvalue weighted by Crippen LogP contribution is -2.36. The Balaban J connectivity index is 1.96. The van der Waals surface area contributed by atoms with Crippen LogP contribution in [-0.2, 0) is 30.8 Å². The zero-order valence-electron chi connectivity index (χ0n) is 22.8. The molecule has 39 heavy (non-hydrogen) atoms. The number of fused-ring (bicyclic) bond motifs is 1. The normalized spacial score (nSPS) is 12.4. The van der Waals surface area contributed by atoms with Gasteiger partial charge in [0.05, 0.1) is 49.2 Å². The minimum absolute atomic E-state index is 0.0686. The smallest absolute Gasteiger partial charge is 0.279 e. The highest BCUT2D eigenvalue weighted by molar-refractivity contribution is 7.89. The Hall–Kier alpha value is -2.81. The molecule has 2 aromatic carbocycles. The largest absolute Gasteiger partial charge is 0.493 e. The van der Waals surface area contributed by atoms with Crippen molar-refractivity contribution in [2.24, 2.45) is 4.99 Å². The monoisotopic (exact) mass is 581 g/mol. The van der Waals surface area contributed by atoms with Crippen molar-refractivity contribution in [1.82, 2.24) is 8.87 Å². The van der Waals surface area contributed by atoms with E-state index in [0.717, 1.165) is 10.2 Å². The van der Waals surface area contributed by atoms with Crippen LogP contribution >= 0.6 is 11.3 Å². The van der Waals surface area contributed by atoms with E-state index in [4.69, 9.17) is 23.7 Å². The molecule has 1 heterocycles. The molecule has 0 aliphatic carbocycles. The summed E-state index contributed by atoms with van der Waals surface area (Å²) in [6, 6.07) is 9.45. The maximum absolute atomic E-state index is 13.2. The van der Waals surface area contributed by atoms with Crippen molar-refractivity contribution in [1.29, 1.82) is 0 Å². The van der Waals surface area contributed by atoms with Crippen LogP contribution in [0.2, 0.25) is 0 Å². The SMILES string of the molecule is CCOCCn1c(=NC(=O)c2ccc(S(=O)(=O)N(CCOC)CCOC)cc2)sc2cc(OC)c(OC)cc21. The van der Waals surface area contributed by atoms with E-state index in [1.165, 1.54) is 54.1 Å². The van der Waals surface area contributed by atoms with Crippen LogP contribution in [0, 0.1) is 0 Å². The quantitative estimate of drug-likeness (QED) is 0.252. The number of methoxy groups -OCH3 is 4. The van der Waals surface area contributed by atoms with Crippen molar-refractivity contribution in [3.63, 3.8) is 0 Å². The summed E-state index contributed by atoms with van der Waals surface area (Å²) in [7, 11) is 2.34. The van der Waals surface area contributed by atoms with Gasteiger partial charge in [-0.2, -0.15) is 9.30 Å². The second-order valence-corrected chi connectivity index (χ2v) is 11.2. The summed E-state index contributed by atoms with van der Waals surface area (Å²) in [5.41, 5.74) is 1.09. The van der Waals surface area contributed by atoms with Crippen LogP contribution in [0.3, 0.4) is 0 Å². The zero-order valence-corrected chi connectivity index (χ0v) is 24.5. The molecule has 0 spiro atoms. The summed E-state index contributed by atoms with van der Waals surface area (Å²) in [6.45, 7) is 4.25. The first-order valence-electron chi connectivity index (χ1n) is 12.3. The Morgan fingerprint density at radius 2 is 1.56 bits per heavy atom. The van der Waals surface area contributed by atoms with Crippen molar-refractivity contribution in [3.8, 4) is 11.5 Å².